The van der Waals surface area contributed by atoms with E-state index in [2.05, 4.69) is 160 Å². The Hall–Kier alpha value is -4.07. The summed E-state index contributed by atoms with van der Waals surface area (Å²) in [6.07, 6.45) is 19.7. The summed E-state index contributed by atoms with van der Waals surface area (Å²) >= 11 is 1.81. The summed E-state index contributed by atoms with van der Waals surface area (Å²) in [5.41, 5.74) is 10.5. The van der Waals surface area contributed by atoms with Gasteiger partial charge in [-0.15, -0.1) is 0 Å². The van der Waals surface area contributed by atoms with E-state index in [0.717, 1.165) is 19.3 Å². The lowest BCUT2D eigenvalue weighted by atomic mass is 9.83. The molecule has 1 heteroatoms. The van der Waals surface area contributed by atoms with Crippen molar-refractivity contribution in [1.82, 2.24) is 0 Å². The summed E-state index contributed by atoms with van der Waals surface area (Å²) in [6.45, 7) is 4.50. The van der Waals surface area contributed by atoms with E-state index in [1.165, 1.54) is 54.3 Å². The fourth-order valence-electron chi connectivity index (χ4n) is 5.77. The van der Waals surface area contributed by atoms with Crippen LogP contribution in [0.25, 0.3) is 22.3 Å². The number of hydrogen-bond acceptors (Lipinski definition) is 1. The van der Waals surface area contributed by atoms with E-state index < -0.39 is 0 Å². The highest BCUT2D eigenvalue weighted by Crippen LogP contribution is 2.38. The molecule has 4 aromatic rings. The van der Waals surface area contributed by atoms with Crippen molar-refractivity contribution in [2.45, 2.75) is 48.8 Å². The van der Waals surface area contributed by atoms with Gasteiger partial charge in [0.2, 0.25) is 0 Å². The van der Waals surface area contributed by atoms with Gasteiger partial charge in [-0.1, -0.05) is 141 Å². The minimum absolute atomic E-state index is 0.353. The second kappa shape index (κ2) is 13.3. The summed E-state index contributed by atoms with van der Waals surface area (Å²) < 4.78 is 0. The van der Waals surface area contributed by atoms with Gasteiger partial charge in [-0.2, -0.15) is 0 Å². The standard InChI is InChI=1S/C41H38S/c1-3-10-41(34-11-6-4-7-12-34)35-21-19-32(20-22-35)37-27-36(31-17-15-30(2)16-18-31)28-38(29-37)33-23-25-40(26-24-33)42-39-13-8-5-9-14-39/h4-15,17-19,21-30,32H,3,16,20H2,1-2H3/b41-10+. The second-order valence-corrected chi connectivity index (χ2v) is 12.4. The molecule has 0 radical (unpaired) electrons. The summed E-state index contributed by atoms with van der Waals surface area (Å²) in [5, 5.41) is 0. The first-order chi connectivity index (χ1) is 20.7. The fourth-order valence-corrected chi connectivity index (χ4v) is 6.61. The van der Waals surface area contributed by atoms with Gasteiger partial charge in [0.15, 0.2) is 0 Å². The quantitative estimate of drug-likeness (QED) is 0.206. The Kier molecular flexibility index (Phi) is 8.87. The monoisotopic (exact) mass is 562 g/mol. The van der Waals surface area contributed by atoms with E-state index in [-0.39, 0.29) is 0 Å². The number of benzene rings is 4. The zero-order chi connectivity index (χ0) is 28.7. The van der Waals surface area contributed by atoms with Crippen LogP contribution in [0, 0.1) is 5.92 Å². The lowest BCUT2D eigenvalue weighted by Crippen LogP contribution is -2.02. The van der Waals surface area contributed by atoms with Crippen molar-refractivity contribution in [3.63, 3.8) is 0 Å². The van der Waals surface area contributed by atoms with Gasteiger partial charge >= 0.3 is 0 Å². The molecule has 2 unspecified atom stereocenters. The molecule has 208 valence electrons. The third kappa shape index (κ3) is 6.69. The van der Waals surface area contributed by atoms with Gasteiger partial charge in [-0.05, 0) is 100 Å². The van der Waals surface area contributed by atoms with Crippen LogP contribution in [0.2, 0.25) is 0 Å². The van der Waals surface area contributed by atoms with Gasteiger partial charge < -0.3 is 0 Å². The van der Waals surface area contributed by atoms with Gasteiger partial charge in [0.1, 0.15) is 0 Å². The van der Waals surface area contributed by atoms with Crippen LogP contribution in [0.3, 0.4) is 0 Å². The molecule has 0 bridgehead atoms. The fraction of sp³-hybridized carbons (Fsp3) is 0.171. The van der Waals surface area contributed by atoms with Gasteiger partial charge in [-0.3, -0.25) is 0 Å². The lowest BCUT2D eigenvalue weighted by Gasteiger charge is -2.21. The van der Waals surface area contributed by atoms with Crippen LogP contribution >= 0.6 is 11.8 Å². The number of hydrogen-bond donors (Lipinski definition) is 0. The molecule has 0 nitrogen and oxygen atoms in total. The Bertz CT molecular complexity index is 1660. The minimum atomic E-state index is 0.353. The molecule has 0 aromatic heterocycles. The minimum Gasteiger partial charge on any atom is -0.0901 e. The molecule has 0 fully saturated rings. The topological polar surface area (TPSA) is 0 Å². The van der Waals surface area contributed by atoms with Crippen molar-refractivity contribution in [3.8, 4) is 11.1 Å². The van der Waals surface area contributed by atoms with Crippen molar-refractivity contribution in [1.29, 1.82) is 0 Å². The summed E-state index contributed by atoms with van der Waals surface area (Å²) in [6, 6.07) is 37.6. The van der Waals surface area contributed by atoms with Crippen LogP contribution in [0.1, 0.15) is 55.7 Å². The molecule has 0 saturated heterocycles. The first kappa shape index (κ1) is 28.1. The Morgan fingerprint density at radius 1 is 0.714 bits per heavy atom. The molecule has 0 amide bonds. The van der Waals surface area contributed by atoms with E-state index in [1.807, 2.05) is 11.8 Å². The van der Waals surface area contributed by atoms with Crippen LogP contribution in [0.5, 0.6) is 0 Å². The van der Waals surface area contributed by atoms with Crippen molar-refractivity contribution in [2.24, 2.45) is 5.92 Å². The molecule has 42 heavy (non-hydrogen) atoms. The second-order valence-electron chi connectivity index (χ2n) is 11.3. The number of rotatable bonds is 8. The van der Waals surface area contributed by atoms with Crippen molar-refractivity contribution in [3.05, 3.63) is 168 Å². The molecule has 0 spiro atoms. The Balaban J connectivity index is 1.30. The molecule has 6 rings (SSSR count). The predicted molar refractivity (Wildman–Crippen MR) is 183 cm³/mol. The van der Waals surface area contributed by atoms with Crippen LogP contribution < -0.4 is 0 Å². The smallest absolute Gasteiger partial charge is 0.0122 e. The molecule has 0 N–H and O–H groups in total. The third-order valence-electron chi connectivity index (χ3n) is 8.10. The summed E-state index contributed by atoms with van der Waals surface area (Å²) in [7, 11) is 0. The molecule has 2 aliphatic carbocycles. The summed E-state index contributed by atoms with van der Waals surface area (Å²) in [5.74, 6) is 0.956. The Labute approximate surface area is 255 Å². The maximum Gasteiger partial charge on any atom is 0.0122 e. The van der Waals surface area contributed by atoms with Crippen LogP contribution in [-0.4, -0.2) is 0 Å². The molecular formula is C41H38S. The van der Waals surface area contributed by atoms with Gasteiger partial charge in [0.05, 0.1) is 0 Å². The van der Waals surface area contributed by atoms with Gasteiger partial charge in [0.25, 0.3) is 0 Å². The van der Waals surface area contributed by atoms with E-state index in [4.69, 9.17) is 0 Å². The lowest BCUT2D eigenvalue weighted by molar-refractivity contribution is 0.739. The predicted octanol–water partition coefficient (Wildman–Crippen LogP) is 11.9. The van der Waals surface area contributed by atoms with E-state index in [9.17, 15) is 0 Å². The highest BCUT2D eigenvalue weighted by Gasteiger charge is 2.17. The molecule has 2 aliphatic rings. The Morgan fingerprint density at radius 3 is 2.10 bits per heavy atom. The third-order valence-corrected chi connectivity index (χ3v) is 9.12. The molecule has 0 heterocycles. The van der Waals surface area contributed by atoms with Gasteiger partial charge in [-0.25, -0.2) is 0 Å². The van der Waals surface area contributed by atoms with Crippen LogP contribution in [0.4, 0.5) is 0 Å². The van der Waals surface area contributed by atoms with Crippen molar-refractivity contribution >= 4 is 22.9 Å². The zero-order valence-corrected chi connectivity index (χ0v) is 25.4. The van der Waals surface area contributed by atoms with E-state index >= 15 is 0 Å². The average molecular weight is 563 g/mol. The molecule has 0 saturated carbocycles. The van der Waals surface area contributed by atoms with Crippen LogP contribution in [0.15, 0.2) is 161 Å². The SMILES string of the molecule is CC/C=C(/C1=CCC(c2cc(C3=CCC(C)C=C3)cc(-c3ccc(Sc4ccccc4)cc3)c2)C=C1)c1ccccc1. The Morgan fingerprint density at radius 2 is 1.43 bits per heavy atom. The number of allylic oxidation sites excluding steroid dienone is 10. The highest BCUT2D eigenvalue weighted by molar-refractivity contribution is 7.99. The molecule has 2 atom stereocenters. The maximum absolute atomic E-state index is 2.43. The zero-order valence-electron chi connectivity index (χ0n) is 24.5. The van der Waals surface area contributed by atoms with Crippen molar-refractivity contribution < 1.29 is 0 Å². The molecule has 0 aliphatic heterocycles. The van der Waals surface area contributed by atoms with Crippen molar-refractivity contribution in [2.75, 3.05) is 0 Å². The van der Waals surface area contributed by atoms with Gasteiger partial charge in [0, 0.05) is 15.7 Å². The normalized spacial score (nSPS) is 18.5. The largest absolute Gasteiger partial charge is 0.0901 e. The van der Waals surface area contributed by atoms with E-state index in [1.54, 1.807) is 0 Å². The molecule has 4 aromatic carbocycles. The highest BCUT2D eigenvalue weighted by atomic mass is 32.2. The first-order valence-corrected chi connectivity index (χ1v) is 16.0. The molecular weight excluding hydrogens is 525 g/mol. The van der Waals surface area contributed by atoms with E-state index in [0.29, 0.717) is 11.8 Å². The average Bonchev–Trinajstić information content (AvgIpc) is 3.05. The first-order valence-electron chi connectivity index (χ1n) is 15.2. The maximum atomic E-state index is 2.43. The van der Waals surface area contributed by atoms with Crippen LogP contribution in [-0.2, 0) is 0 Å². The summed E-state index contributed by atoms with van der Waals surface area (Å²) in [4.78, 5) is 2.52.